The van der Waals surface area contributed by atoms with Crippen LogP contribution in [0.3, 0.4) is 0 Å². The number of ether oxygens (including phenoxy) is 1. The zero-order valence-electron chi connectivity index (χ0n) is 9.86. The fourth-order valence-electron chi connectivity index (χ4n) is 1.59. The lowest BCUT2D eigenvalue weighted by Crippen LogP contribution is -2.24. The van der Waals surface area contributed by atoms with Crippen LogP contribution >= 0.6 is 0 Å². The van der Waals surface area contributed by atoms with Gasteiger partial charge in [0.05, 0.1) is 6.54 Å². The summed E-state index contributed by atoms with van der Waals surface area (Å²) >= 11 is 0. The summed E-state index contributed by atoms with van der Waals surface area (Å²) in [7, 11) is 0. The van der Waals surface area contributed by atoms with Gasteiger partial charge in [0.1, 0.15) is 12.4 Å². The minimum Gasteiger partial charge on any atom is -0.447 e. The van der Waals surface area contributed by atoms with Gasteiger partial charge in [0.2, 0.25) is 0 Å². The van der Waals surface area contributed by atoms with Crippen LogP contribution in [-0.4, -0.2) is 24.2 Å². The number of anilines is 1. The van der Waals surface area contributed by atoms with Crippen molar-refractivity contribution in [1.82, 2.24) is 4.98 Å². The Labute approximate surface area is 95.2 Å². The number of pyridine rings is 1. The van der Waals surface area contributed by atoms with Crippen LogP contribution in [0.4, 0.5) is 10.6 Å². The van der Waals surface area contributed by atoms with E-state index < -0.39 is 0 Å². The van der Waals surface area contributed by atoms with Crippen molar-refractivity contribution in [2.24, 2.45) is 0 Å². The lowest BCUT2D eigenvalue weighted by molar-refractivity contribution is 0.181. The van der Waals surface area contributed by atoms with Gasteiger partial charge in [-0.25, -0.2) is 9.78 Å². The van der Waals surface area contributed by atoms with Crippen molar-refractivity contribution in [2.75, 3.05) is 18.1 Å². The molecule has 0 atom stereocenters. The molecule has 0 aromatic carbocycles. The maximum absolute atomic E-state index is 11.3. The summed E-state index contributed by atoms with van der Waals surface area (Å²) in [5.41, 5.74) is 1.24. The molecule has 1 aromatic heterocycles. The molecule has 16 heavy (non-hydrogen) atoms. The third-order valence-corrected chi connectivity index (χ3v) is 2.65. The number of carbonyl (C=O) groups excluding carboxylic acids is 1. The second-order valence-corrected chi connectivity index (χ2v) is 4.92. The number of cyclic esters (lactones) is 1. The minimum atomic E-state index is -0.309. The lowest BCUT2D eigenvalue weighted by atomic mass is 9.88. The molecular formula is C12H16N2O2. The summed E-state index contributed by atoms with van der Waals surface area (Å²) in [4.78, 5) is 17.2. The predicted octanol–water partition coefficient (Wildman–Crippen LogP) is 2.34. The Morgan fingerprint density at radius 1 is 1.38 bits per heavy atom. The summed E-state index contributed by atoms with van der Waals surface area (Å²) in [5, 5.41) is 0. The Balaban J connectivity index is 2.22. The van der Waals surface area contributed by atoms with Crippen LogP contribution in [0, 0.1) is 0 Å². The highest BCUT2D eigenvalue weighted by atomic mass is 16.6. The van der Waals surface area contributed by atoms with Crippen LogP contribution in [0.2, 0.25) is 0 Å². The maximum atomic E-state index is 11.3. The van der Waals surface area contributed by atoms with Crippen molar-refractivity contribution in [3.63, 3.8) is 0 Å². The molecule has 0 unspecified atom stereocenters. The molecule has 1 aliphatic rings. The van der Waals surface area contributed by atoms with Gasteiger partial charge >= 0.3 is 6.09 Å². The number of nitrogens with zero attached hydrogens (tertiary/aromatic N) is 2. The molecule has 0 spiro atoms. The average molecular weight is 220 g/mol. The van der Waals surface area contributed by atoms with E-state index >= 15 is 0 Å². The zero-order chi connectivity index (χ0) is 11.8. The van der Waals surface area contributed by atoms with E-state index in [1.807, 2.05) is 18.3 Å². The van der Waals surface area contributed by atoms with Gasteiger partial charge in [0.15, 0.2) is 0 Å². The second kappa shape index (κ2) is 3.77. The van der Waals surface area contributed by atoms with Gasteiger partial charge in [-0.15, -0.1) is 0 Å². The van der Waals surface area contributed by atoms with Crippen molar-refractivity contribution < 1.29 is 9.53 Å². The zero-order valence-corrected chi connectivity index (χ0v) is 9.86. The number of rotatable bonds is 1. The molecule has 0 radical (unpaired) electrons. The van der Waals surface area contributed by atoms with Crippen molar-refractivity contribution in [3.05, 3.63) is 23.9 Å². The van der Waals surface area contributed by atoms with E-state index in [2.05, 4.69) is 25.8 Å². The summed E-state index contributed by atoms with van der Waals surface area (Å²) in [6, 6.07) is 3.88. The van der Waals surface area contributed by atoms with Gasteiger partial charge in [0.25, 0.3) is 0 Å². The van der Waals surface area contributed by atoms with Gasteiger partial charge in [-0.3, -0.25) is 4.90 Å². The normalized spacial score (nSPS) is 16.4. The van der Waals surface area contributed by atoms with Crippen molar-refractivity contribution in [3.8, 4) is 0 Å². The summed E-state index contributed by atoms with van der Waals surface area (Å²) in [5.74, 6) is 0.663. The fraction of sp³-hybridized carbons (Fsp3) is 0.500. The largest absolute Gasteiger partial charge is 0.447 e. The van der Waals surface area contributed by atoms with Crippen LogP contribution in [0.1, 0.15) is 26.3 Å². The van der Waals surface area contributed by atoms with Crippen LogP contribution < -0.4 is 4.90 Å². The first kappa shape index (κ1) is 10.9. The van der Waals surface area contributed by atoms with E-state index in [1.165, 1.54) is 0 Å². The lowest BCUT2D eigenvalue weighted by Gasteiger charge is -2.19. The van der Waals surface area contributed by atoms with Crippen molar-refractivity contribution >= 4 is 11.9 Å². The molecular weight excluding hydrogens is 204 g/mol. The highest BCUT2D eigenvalue weighted by molar-refractivity contribution is 5.88. The molecule has 2 rings (SSSR count). The first-order valence-corrected chi connectivity index (χ1v) is 5.39. The molecule has 0 bridgehead atoms. The molecule has 86 valence electrons. The number of hydrogen-bond donors (Lipinski definition) is 0. The molecule has 4 heteroatoms. The quantitative estimate of drug-likeness (QED) is 0.729. The molecule has 1 amide bonds. The van der Waals surface area contributed by atoms with Crippen LogP contribution in [0.5, 0.6) is 0 Å². The SMILES string of the molecule is CC(C)(C)c1ccc(N2CCOC2=O)nc1. The fourth-order valence-corrected chi connectivity index (χ4v) is 1.59. The van der Waals surface area contributed by atoms with E-state index in [9.17, 15) is 4.79 Å². The molecule has 4 nitrogen and oxygen atoms in total. The molecule has 1 aliphatic heterocycles. The average Bonchev–Trinajstić information content (AvgIpc) is 2.63. The number of amides is 1. The first-order valence-electron chi connectivity index (χ1n) is 5.39. The van der Waals surface area contributed by atoms with Crippen molar-refractivity contribution in [2.45, 2.75) is 26.2 Å². The molecule has 1 aromatic rings. The summed E-state index contributed by atoms with van der Waals surface area (Å²) in [6.45, 7) is 7.43. The third-order valence-electron chi connectivity index (χ3n) is 2.65. The van der Waals surface area contributed by atoms with Gasteiger partial charge in [-0.1, -0.05) is 26.8 Å². The predicted molar refractivity (Wildman–Crippen MR) is 61.6 cm³/mol. The summed E-state index contributed by atoms with van der Waals surface area (Å²) < 4.78 is 4.86. The Bertz CT molecular complexity index is 392. The van der Waals surface area contributed by atoms with E-state index in [4.69, 9.17) is 4.74 Å². The van der Waals surface area contributed by atoms with E-state index in [0.29, 0.717) is 19.0 Å². The van der Waals surface area contributed by atoms with E-state index in [-0.39, 0.29) is 11.5 Å². The Morgan fingerprint density at radius 2 is 2.12 bits per heavy atom. The van der Waals surface area contributed by atoms with Gasteiger partial charge in [-0.2, -0.15) is 0 Å². The standard InChI is InChI=1S/C12H16N2O2/c1-12(2,3)9-4-5-10(13-8-9)14-6-7-16-11(14)15/h4-5,8H,6-7H2,1-3H3. The van der Waals surface area contributed by atoms with Gasteiger partial charge in [0, 0.05) is 6.20 Å². The second-order valence-electron chi connectivity index (χ2n) is 4.92. The molecule has 2 heterocycles. The molecule has 1 fully saturated rings. The molecule has 0 N–H and O–H groups in total. The number of aromatic nitrogens is 1. The van der Waals surface area contributed by atoms with E-state index in [0.717, 1.165) is 5.56 Å². The molecule has 1 saturated heterocycles. The van der Waals surface area contributed by atoms with Gasteiger partial charge < -0.3 is 4.74 Å². The van der Waals surface area contributed by atoms with Crippen LogP contribution in [0.15, 0.2) is 18.3 Å². The maximum Gasteiger partial charge on any atom is 0.415 e. The van der Waals surface area contributed by atoms with Crippen LogP contribution in [-0.2, 0) is 10.2 Å². The topological polar surface area (TPSA) is 42.4 Å². The third kappa shape index (κ3) is 2.01. The number of hydrogen-bond acceptors (Lipinski definition) is 3. The van der Waals surface area contributed by atoms with Crippen LogP contribution in [0.25, 0.3) is 0 Å². The first-order chi connectivity index (χ1) is 7.48. The van der Waals surface area contributed by atoms with Crippen molar-refractivity contribution in [1.29, 1.82) is 0 Å². The number of carbonyl (C=O) groups is 1. The smallest absolute Gasteiger partial charge is 0.415 e. The highest BCUT2D eigenvalue weighted by Crippen LogP contribution is 2.23. The van der Waals surface area contributed by atoms with Gasteiger partial charge in [-0.05, 0) is 17.0 Å². The Morgan fingerprint density at radius 3 is 2.56 bits per heavy atom. The summed E-state index contributed by atoms with van der Waals surface area (Å²) in [6.07, 6.45) is 1.51. The minimum absolute atomic E-state index is 0.0804. The Kier molecular flexibility index (Phi) is 2.58. The monoisotopic (exact) mass is 220 g/mol. The van der Waals surface area contributed by atoms with E-state index in [1.54, 1.807) is 4.90 Å². The molecule has 0 aliphatic carbocycles. The highest BCUT2D eigenvalue weighted by Gasteiger charge is 2.25. The Hall–Kier alpha value is -1.58. The molecule has 0 saturated carbocycles.